The van der Waals surface area contributed by atoms with Crippen molar-refractivity contribution in [3.63, 3.8) is 0 Å². The van der Waals surface area contributed by atoms with Gasteiger partial charge < -0.3 is 10.6 Å². The molecular weight excluding hydrogens is 332 g/mol. The van der Waals surface area contributed by atoms with E-state index in [4.69, 9.17) is 0 Å². The summed E-state index contributed by atoms with van der Waals surface area (Å²) in [5.74, 6) is -1.33. The van der Waals surface area contributed by atoms with Crippen LogP contribution in [0.2, 0.25) is 0 Å². The number of nitrogens with one attached hydrogen (secondary N) is 2. The second-order valence-corrected chi connectivity index (χ2v) is 5.49. The molecule has 0 heterocycles. The topological polar surface area (TPSA) is 58.2 Å². The number of amides is 2. The molecule has 0 aliphatic rings. The van der Waals surface area contributed by atoms with Crippen LogP contribution in [-0.2, 0) is 16.1 Å². The lowest BCUT2D eigenvalue weighted by Gasteiger charge is -2.08. The summed E-state index contributed by atoms with van der Waals surface area (Å²) in [6.45, 7) is 2.29. The van der Waals surface area contributed by atoms with Gasteiger partial charge >= 0.3 is 11.8 Å². The standard InChI is InChI=1S/C16H15BrN2O2/c1-11-4-2-3-5-12(11)10-18-15(20)16(21)19-14-8-6-13(17)7-9-14/h2-9H,10H2,1H3,(H,18,20)(H,19,21). The van der Waals surface area contributed by atoms with Gasteiger partial charge in [0.15, 0.2) is 0 Å². The van der Waals surface area contributed by atoms with Crippen LogP contribution in [0.5, 0.6) is 0 Å². The highest BCUT2D eigenvalue weighted by atomic mass is 79.9. The fourth-order valence-corrected chi connectivity index (χ4v) is 2.05. The quantitative estimate of drug-likeness (QED) is 0.839. The third-order valence-electron chi connectivity index (χ3n) is 3.01. The summed E-state index contributed by atoms with van der Waals surface area (Å²) < 4.78 is 0.907. The van der Waals surface area contributed by atoms with E-state index in [0.29, 0.717) is 12.2 Å². The Labute approximate surface area is 131 Å². The first-order valence-corrected chi connectivity index (χ1v) is 7.25. The summed E-state index contributed by atoms with van der Waals surface area (Å²) in [4.78, 5) is 23.5. The van der Waals surface area contributed by atoms with Crippen LogP contribution in [0, 0.1) is 6.92 Å². The smallest absolute Gasteiger partial charge is 0.313 e. The number of aryl methyl sites for hydroxylation is 1. The van der Waals surface area contributed by atoms with Crippen molar-refractivity contribution < 1.29 is 9.59 Å². The summed E-state index contributed by atoms with van der Waals surface area (Å²) >= 11 is 3.31. The lowest BCUT2D eigenvalue weighted by atomic mass is 10.1. The molecule has 21 heavy (non-hydrogen) atoms. The molecule has 0 spiro atoms. The van der Waals surface area contributed by atoms with E-state index in [-0.39, 0.29) is 0 Å². The minimum Gasteiger partial charge on any atom is -0.344 e. The Hall–Kier alpha value is -2.14. The lowest BCUT2D eigenvalue weighted by Crippen LogP contribution is -2.35. The van der Waals surface area contributed by atoms with Crippen molar-refractivity contribution in [3.05, 3.63) is 64.1 Å². The van der Waals surface area contributed by atoms with Crippen LogP contribution < -0.4 is 10.6 Å². The van der Waals surface area contributed by atoms with E-state index in [9.17, 15) is 9.59 Å². The SMILES string of the molecule is Cc1ccccc1CNC(=O)C(=O)Nc1ccc(Br)cc1. The summed E-state index contributed by atoms with van der Waals surface area (Å²) in [5.41, 5.74) is 2.64. The molecule has 0 saturated carbocycles. The maximum absolute atomic E-state index is 11.8. The molecule has 0 radical (unpaired) electrons. The monoisotopic (exact) mass is 346 g/mol. The molecule has 0 aromatic heterocycles. The van der Waals surface area contributed by atoms with E-state index in [1.165, 1.54) is 0 Å². The first-order chi connectivity index (χ1) is 10.1. The number of halogens is 1. The molecule has 0 fully saturated rings. The lowest BCUT2D eigenvalue weighted by molar-refractivity contribution is -0.136. The molecule has 2 rings (SSSR count). The molecule has 2 aromatic carbocycles. The van der Waals surface area contributed by atoms with Crippen LogP contribution in [0.25, 0.3) is 0 Å². The van der Waals surface area contributed by atoms with Gasteiger partial charge in [0.1, 0.15) is 0 Å². The highest BCUT2D eigenvalue weighted by Gasteiger charge is 2.13. The fraction of sp³-hybridized carbons (Fsp3) is 0.125. The summed E-state index contributed by atoms with van der Waals surface area (Å²) in [5, 5.41) is 5.16. The molecule has 4 nitrogen and oxygen atoms in total. The third-order valence-corrected chi connectivity index (χ3v) is 3.54. The summed E-state index contributed by atoms with van der Waals surface area (Å²) in [7, 11) is 0. The first kappa shape index (κ1) is 15.3. The molecule has 108 valence electrons. The first-order valence-electron chi connectivity index (χ1n) is 6.45. The second kappa shape index (κ2) is 7.04. The largest absolute Gasteiger partial charge is 0.344 e. The highest BCUT2D eigenvalue weighted by Crippen LogP contribution is 2.14. The Balaban J connectivity index is 1.90. The zero-order valence-corrected chi connectivity index (χ0v) is 13.1. The number of carbonyl (C=O) groups is 2. The van der Waals surface area contributed by atoms with Crippen LogP contribution in [-0.4, -0.2) is 11.8 Å². The van der Waals surface area contributed by atoms with Crippen molar-refractivity contribution in [2.24, 2.45) is 0 Å². The number of carbonyl (C=O) groups excluding carboxylic acids is 2. The molecule has 0 aliphatic carbocycles. The van der Waals surface area contributed by atoms with Crippen LogP contribution in [0.4, 0.5) is 5.69 Å². The van der Waals surface area contributed by atoms with Crippen LogP contribution >= 0.6 is 15.9 Å². The molecule has 0 bridgehead atoms. The van der Waals surface area contributed by atoms with Crippen LogP contribution in [0.15, 0.2) is 53.0 Å². The van der Waals surface area contributed by atoms with Gasteiger partial charge in [-0.2, -0.15) is 0 Å². The van der Waals surface area contributed by atoms with Gasteiger partial charge in [-0.1, -0.05) is 40.2 Å². The third kappa shape index (κ3) is 4.43. The molecule has 2 aromatic rings. The van der Waals surface area contributed by atoms with Crippen molar-refractivity contribution in [2.75, 3.05) is 5.32 Å². The predicted octanol–water partition coefficient (Wildman–Crippen LogP) is 3.01. The van der Waals surface area contributed by atoms with Crippen molar-refractivity contribution >= 4 is 33.4 Å². The highest BCUT2D eigenvalue weighted by molar-refractivity contribution is 9.10. The number of benzene rings is 2. The van der Waals surface area contributed by atoms with E-state index in [1.807, 2.05) is 31.2 Å². The maximum atomic E-state index is 11.8. The Kier molecular flexibility index (Phi) is 5.11. The molecular formula is C16H15BrN2O2. The number of hydrogen-bond acceptors (Lipinski definition) is 2. The summed E-state index contributed by atoms with van der Waals surface area (Å²) in [6, 6.07) is 14.7. The van der Waals surface area contributed by atoms with Crippen molar-refractivity contribution in [3.8, 4) is 0 Å². The van der Waals surface area contributed by atoms with Crippen molar-refractivity contribution in [1.29, 1.82) is 0 Å². The fourth-order valence-electron chi connectivity index (χ4n) is 1.79. The molecule has 0 saturated heterocycles. The van der Waals surface area contributed by atoms with Gasteiger partial charge in [-0.25, -0.2) is 0 Å². The molecule has 0 unspecified atom stereocenters. The molecule has 5 heteroatoms. The van der Waals surface area contributed by atoms with E-state index in [2.05, 4.69) is 26.6 Å². The van der Waals surface area contributed by atoms with Crippen LogP contribution in [0.3, 0.4) is 0 Å². The molecule has 2 N–H and O–H groups in total. The summed E-state index contributed by atoms with van der Waals surface area (Å²) in [6.07, 6.45) is 0. The van der Waals surface area contributed by atoms with Gasteiger partial charge in [0.2, 0.25) is 0 Å². The van der Waals surface area contributed by atoms with E-state index in [1.54, 1.807) is 24.3 Å². The van der Waals surface area contributed by atoms with Crippen LogP contribution in [0.1, 0.15) is 11.1 Å². The zero-order chi connectivity index (χ0) is 15.2. The minimum atomic E-state index is -0.675. The van der Waals surface area contributed by atoms with E-state index >= 15 is 0 Å². The predicted molar refractivity (Wildman–Crippen MR) is 85.8 cm³/mol. The van der Waals surface area contributed by atoms with Gasteiger partial charge in [-0.05, 0) is 42.3 Å². The number of rotatable bonds is 3. The zero-order valence-electron chi connectivity index (χ0n) is 11.5. The van der Waals surface area contributed by atoms with Gasteiger partial charge in [-0.3, -0.25) is 9.59 Å². The van der Waals surface area contributed by atoms with Crippen molar-refractivity contribution in [1.82, 2.24) is 5.32 Å². The van der Waals surface area contributed by atoms with Gasteiger partial charge in [-0.15, -0.1) is 0 Å². The Bertz CT molecular complexity index is 654. The number of anilines is 1. The van der Waals surface area contributed by atoms with Crippen molar-refractivity contribution in [2.45, 2.75) is 13.5 Å². The Morgan fingerprint density at radius 3 is 2.33 bits per heavy atom. The number of hydrogen-bond donors (Lipinski definition) is 2. The van der Waals surface area contributed by atoms with E-state index in [0.717, 1.165) is 15.6 Å². The molecule has 2 amide bonds. The van der Waals surface area contributed by atoms with Gasteiger partial charge in [0, 0.05) is 16.7 Å². The van der Waals surface area contributed by atoms with Gasteiger partial charge in [0.25, 0.3) is 0 Å². The second-order valence-electron chi connectivity index (χ2n) is 4.57. The minimum absolute atomic E-state index is 0.333. The molecule has 0 atom stereocenters. The average Bonchev–Trinajstić information content (AvgIpc) is 2.48. The average molecular weight is 347 g/mol. The maximum Gasteiger partial charge on any atom is 0.313 e. The Morgan fingerprint density at radius 2 is 1.67 bits per heavy atom. The Morgan fingerprint density at radius 1 is 1.00 bits per heavy atom. The van der Waals surface area contributed by atoms with Gasteiger partial charge in [0.05, 0.1) is 0 Å². The normalized spacial score (nSPS) is 10.0. The van der Waals surface area contributed by atoms with E-state index < -0.39 is 11.8 Å². The molecule has 0 aliphatic heterocycles.